The van der Waals surface area contributed by atoms with Crippen molar-refractivity contribution in [2.24, 2.45) is 5.92 Å². The molecule has 0 saturated carbocycles. The highest BCUT2D eigenvalue weighted by Gasteiger charge is 2.28. The number of nitrogens with zero attached hydrogens (tertiary/aromatic N) is 6. The van der Waals surface area contributed by atoms with E-state index in [1.54, 1.807) is 11.8 Å². The Morgan fingerprint density at radius 2 is 2.05 bits per heavy atom. The molecule has 2 N–H and O–H groups in total. The van der Waals surface area contributed by atoms with Crippen LogP contribution in [0.25, 0.3) is 21.4 Å². The van der Waals surface area contributed by atoms with Crippen LogP contribution in [0.4, 0.5) is 5.82 Å². The van der Waals surface area contributed by atoms with Crippen molar-refractivity contribution in [2.75, 3.05) is 18.8 Å². The number of hydrogen-bond acceptors (Lipinski definition) is 10. The minimum atomic E-state index is -0.756. The van der Waals surface area contributed by atoms with E-state index in [1.807, 2.05) is 18.2 Å². The zero-order valence-corrected chi connectivity index (χ0v) is 22.8. The number of carbonyl (C=O) groups excluding carboxylic acids is 2. The summed E-state index contributed by atoms with van der Waals surface area (Å²) in [6.45, 7) is 4.91. The molecule has 1 amide bonds. The number of piperidine rings is 1. The normalized spacial score (nSPS) is 15.4. The van der Waals surface area contributed by atoms with Crippen LogP contribution in [0.5, 0.6) is 0 Å². The number of imidazole rings is 1. The first-order valence-electron chi connectivity index (χ1n) is 12.0. The predicted octanol–water partition coefficient (Wildman–Crippen LogP) is 4.40. The van der Waals surface area contributed by atoms with E-state index in [9.17, 15) is 9.59 Å². The molecular formula is C24H26ClN7O3S2. The van der Waals surface area contributed by atoms with Gasteiger partial charge in [-0.05, 0) is 56.0 Å². The number of nitrogens with two attached hydrogens (primary N) is 1. The highest BCUT2D eigenvalue weighted by Crippen LogP contribution is 2.38. The van der Waals surface area contributed by atoms with Crippen molar-refractivity contribution in [3.8, 4) is 0 Å². The van der Waals surface area contributed by atoms with E-state index in [1.165, 1.54) is 36.3 Å². The molecule has 3 aromatic heterocycles. The van der Waals surface area contributed by atoms with E-state index in [0.717, 1.165) is 39.0 Å². The molecule has 1 fully saturated rings. The Kier molecular flexibility index (Phi) is 7.50. The number of aromatic nitrogens is 5. The largest absolute Gasteiger partial charge is 0.453 e. The second-order valence-corrected chi connectivity index (χ2v) is 11.6. The van der Waals surface area contributed by atoms with E-state index in [4.69, 9.17) is 32.0 Å². The van der Waals surface area contributed by atoms with Crippen LogP contribution >= 0.6 is 34.7 Å². The molecule has 0 unspecified atom stereocenters. The van der Waals surface area contributed by atoms with E-state index in [2.05, 4.69) is 14.5 Å². The fourth-order valence-corrected chi connectivity index (χ4v) is 6.89. The summed E-state index contributed by atoms with van der Waals surface area (Å²) in [6, 6.07) is 5.69. The molecule has 1 aliphatic heterocycles. The molecule has 1 saturated heterocycles. The Balaban J connectivity index is 1.30. The van der Waals surface area contributed by atoms with Gasteiger partial charge in [-0.1, -0.05) is 17.7 Å². The number of thiazole rings is 1. The average molecular weight is 560 g/mol. The standard InChI is InChI=1S/C24H26ClN7O3S2/c1-13(35-14(2)33)22(34)31-9-6-15(7-10-31)8-11-32-21-18(20(26)27-12-28-21)30-23(32)37-24-29-17-5-3-4-16(25)19(17)36-24/h3-5,12-13,15H,6-11H2,1-2H3,(H2,26,27,28)/t13-/m0/s1. The summed E-state index contributed by atoms with van der Waals surface area (Å²) < 4.78 is 8.90. The summed E-state index contributed by atoms with van der Waals surface area (Å²) >= 11 is 9.35. The summed E-state index contributed by atoms with van der Waals surface area (Å²) in [5, 5.41) is 1.43. The van der Waals surface area contributed by atoms with Gasteiger partial charge in [0, 0.05) is 26.6 Å². The lowest BCUT2D eigenvalue weighted by atomic mass is 9.93. The molecular weight excluding hydrogens is 534 g/mol. The molecule has 5 rings (SSSR count). The third-order valence-corrected chi connectivity index (χ3v) is 9.02. The molecule has 0 aliphatic carbocycles. The van der Waals surface area contributed by atoms with Crippen LogP contribution in [0.1, 0.15) is 33.1 Å². The molecule has 0 bridgehead atoms. The zero-order chi connectivity index (χ0) is 26.1. The highest BCUT2D eigenvalue weighted by molar-refractivity contribution is 8.01. The maximum Gasteiger partial charge on any atom is 0.303 e. The smallest absolute Gasteiger partial charge is 0.303 e. The van der Waals surface area contributed by atoms with E-state index in [0.29, 0.717) is 47.6 Å². The number of carbonyl (C=O) groups is 2. The van der Waals surface area contributed by atoms with Crippen LogP contribution in [0, 0.1) is 5.92 Å². The first-order valence-corrected chi connectivity index (χ1v) is 14.0. The van der Waals surface area contributed by atoms with Gasteiger partial charge in [0.05, 0.1) is 15.2 Å². The molecule has 1 aromatic carbocycles. The lowest BCUT2D eigenvalue weighted by Gasteiger charge is -2.33. The molecule has 194 valence electrons. The number of ether oxygens (including phenoxy) is 1. The molecule has 1 aliphatic rings. The van der Waals surface area contributed by atoms with Crippen molar-refractivity contribution in [1.82, 2.24) is 29.4 Å². The third-order valence-electron chi connectivity index (χ3n) is 6.43. The molecule has 0 radical (unpaired) electrons. The maximum absolute atomic E-state index is 12.6. The first-order chi connectivity index (χ1) is 17.8. The minimum absolute atomic E-state index is 0.143. The van der Waals surface area contributed by atoms with Crippen molar-refractivity contribution in [3.63, 3.8) is 0 Å². The summed E-state index contributed by atoms with van der Waals surface area (Å²) in [7, 11) is 0. The molecule has 4 heterocycles. The number of esters is 1. The second kappa shape index (κ2) is 10.8. The number of amides is 1. The summed E-state index contributed by atoms with van der Waals surface area (Å²) in [5.74, 6) is 0.182. The van der Waals surface area contributed by atoms with Gasteiger partial charge in [0.15, 0.2) is 32.6 Å². The Morgan fingerprint density at radius 3 is 2.78 bits per heavy atom. The molecule has 13 heteroatoms. The lowest BCUT2D eigenvalue weighted by molar-refractivity contribution is -0.158. The Hall–Kier alpha value is -2.96. The van der Waals surface area contributed by atoms with Gasteiger partial charge < -0.3 is 19.9 Å². The number of hydrogen-bond donors (Lipinski definition) is 1. The highest BCUT2D eigenvalue weighted by atomic mass is 35.5. The number of benzene rings is 1. The fourth-order valence-electron chi connectivity index (χ4n) is 4.54. The topological polar surface area (TPSA) is 129 Å². The number of fused-ring (bicyclic) bond motifs is 2. The number of rotatable bonds is 7. The van der Waals surface area contributed by atoms with E-state index >= 15 is 0 Å². The van der Waals surface area contributed by atoms with E-state index < -0.39 is 12.1 Å². The molecule has 37 heavy (non-hydrogen) atoms. The zero-order valence-electron chi connectivity index (χ0n) is 20.4. The Labute approximate surface area is 226 Å². The number of halogens is 1. The minimum Gasteiger partial charge on any atom is -0.453 e. The molecule has 4 aromatic rings. The van der Waals surface area contributed by atoms with Crippen molar-refractivity contribution >= 4 is 73.8 Å². The van der Waals surface area contributed by atoms with Crippen LogP contribution in [-0.4, -0.2) is 60.5 Å². The van der Waals surface area contributed by atoms with Crippen molar-refractivity contribution in [3.05, 3.63) is 29.5 Å². The lowest BCUT2D eigenvalue weighted by Crippen LogP contribution is -2.44. The number of likely N-dealkylation sites (tertiary alicyclic amines) is 1. The second-order valence-electron chi connectivity index (χ2n) is 8.96. The summed E-state index contributed by atoms with van der Waals surface area (Å²) in [4.78, 5) is 43.6. The summed E-state index contributed by atoms with van der Waals surface area (Å²) in [6.07, 6.45) is 3.35. The van der Waals surface area contributed by atoms with Crippen molar-refractivity contribution < 1.29 is 14.3 Å². The Morgan fingerprint density at radius 1 is 1.27 bits per heavy atom. The average Bonchev–Trinajstić information content (AvgIpc) is 3.45. The Bertz CT molecular complexity index is 1470. The van der Waals surface area contributed by atoms with Gasteiger partial charge in [-0.15, -0.1) is 11.3 Å². The molecule has 10 nitrogen and oxygen atoms in total. The number of nitrogen functional groups attached to an aromatic ring is 1. The molecule has 0 spiro atoms. The van der Waals surface area contributed by atoms with E-state index in [-0.39, 0.29) is 5.91 Å². The van der Waals surface area contributed by atoms with Crippen molar-refractivity contribution in [2.45, 2.75) is 55.3 Å². The van der Waals surface area contributed by atoms with Gasteiger partial charge in [-0.3, -0.25) is 9.59 Å². The number of aryl methyl sites for hydroxylation is 1. The summed E-state index contributed by atoms with van der Waals surface area (Å²) in [5.41, 5.74) is 8.23. The first kappa shape index (κ1) is 25.7. The van der Waals surface area contributed by atoms with Crippen LogP contribution in [-0.2, 0) is 20.9 Å². The van der Waals surface area contributed by atoms with Crippen LogP contribution < -0.4 is 5.73 Å². The van der Waals surface area contributed by atoms with Gasteiger partial charge in [-0.25, -0.2) is 19.9 Å². The monoisotopic (exact) mass is 559 g/mol. The van der Waals surface area contributed by atoms with Crippen LogP contribution in [0.3, 0.4) is 0 Å². The van der Waals surface area contributed by atoms with Crippen LogP contribution in [0.2, 0.25) is 5.02 Å². The third kappa shape index (κ3) is 5.51. The predicted molar refractivity (Wildman–Crippen MR) is 144 cm³/mol. The molecule has 1 atom stereocenters. The quantitative estimate of drug-likeness (QED) is 0.327. The van der Waals surface area contributed by atoms with Gasteiger partial charge in [0.25, 0.3) is 5.91 Å². The van der Waals surface area contributed by atoms with Gasteiger partial charge in [0.1, 0.15) is 6.33 Å². The maximum atomic E-state index is 12.6. The van der Waals surface area contributed by atoms with Crippen molar-refractivity contribution in [1.29, 1.82) is 0 Å². The van der Waals surface area contributed by atoms with Crippen LogP contribution in [0.15, 0.2) is 34.0 Å². The SMILES string of the molecule is CC(=O)O[C@@H](C)C(=O)N1CCC(CCn2c(Sc3nc4cccc(Cl)c4s3)nc3c(N)ncnc32)CC1. The fraction of sp³-hybridized carbons (Fsp3) is 0.417. The van der Waals surface area contributed by atoms with Gasteiger partial charge >= 0.3 is 5.97 Å². The van der Waals surface area contributed by atoms with Gasteiger partial charge in [-0.2, -0.15) is 0 Å². The number of anilines is 1. The van der Waals surface area contributed by atoms with Gasteiger partial charge in [0.2, 0.25) is 0 Å².